The lowest BCUT2D eigenvalue weighted by Crippen LogP contribution is -2.32. The van der Waals surface area contributed by atoms with E-state index >= 15 is 0 Å². The largest absolute Gasteiger partial charge is 0.451 e. The number of hydrogen-bond donors (Lipinski definition) is 2. The van der Waals surface area contributed by atoms with Crippen molar-refractivity contribution < 1.29 is 19.1 Å². The van der Waals surface area contributed by atoms with Crippen LogP contribution >= 0.6 is 0 Å². The van der Waals surface area contributed by atoms with Gasteiger partial charge in [0.2, 0.25) is 5.91 Å². The zero-order chi connectivity index (χ0) is 24.2. The molecule has 2 N–H and O–H groups in total. The first-order valence-electron chi connectivity index (χ1n) is 11.1. The Balaban J connectivity index is 1.55. The van der Waals surface area contributed by atoms with Crippen LogP contribution in [0.15, 0.2) is 96.7 Å². The van der Waals surface area contributed by atoms with Gasteiger partial charge in [0.1, 0.15) is 5.70 Å². The van der Waals surface area contributed by atoms with Crippen molar-refractivity contribution in [3.8, 4) is 0 Å². The van der Waals surface area contributed by atoms with Crippen LogP contribution in [0.3, 0.4) is 0 Å². The maximum atomic E-state index is 12.5. The van der Waals surface area contributed by atoms with E-state index in [0.717, 1.165) is 5.56 Å². The topological polar surface area (TPSA) is 84.5 Å². The maximum absolute atomic E-state index is 12.5. The number of carbonyl (C=O) groups is 3. The van der Waals surface area contributed by atoms with Crippen molar-refractivity contribution in [1.29, 1.82) is 0 Å². The van der Waals surface area contributed by atoms with E-state index in [2.05, 4.69) is 34.9 Å². The van der Waals surface area contributed by atoms with Gasteiger partial charge < -0.3 is 15.4 Å². The van der Waals surface area contributed by atoms with Gasteiger partial charge in [0.05, 0.1) is 0 Å². The first-order chi connectivity index (χ1) is 16.5. The van der Waals surface area contributed by atoms with E-state index < -0.39 is 24.4 Å². The van der Waals surface area contributed by atoms with Gasteiger partial charge in [-0.3, -0.25) is 9.59 Å². The number of benzene rings is 3. The van der Waals surface area contributed by atoms with E-state index in [1.807, 2.05) is 54.6 Å². The molecule has 0 aliphatic carbocycles. The van der Waals surface area contributed by atoms with Crippen LogP contribution in [0.4, 0.5) is 0 Å². The molecule has 0 saturated carbocycles. The Hall–Kier alpha value is -4.19. The Bertz CT molecular complexity index is 1070. The smallest absolute Gasteiger partial charge is 0.355 e. The summed E-state index contributed by atoms with van der Waals surface area (Å²) in [7, 11) is 0. The SMILES string of the molecule is CC(=O)N/C(=C/c1ccccc1)C(=O)OCC(=O)NCCC(c1ccccc1)c1ccccc1. The molecule has 0 aliphatic heterocycles. The van der Waals surface area contributed by atoms with Crippen LogP contribution in [0, 0.1) is 0 Å². The predicted molar refractivity (Wildman–Crippen MR) is 132 cm³/mol. The molecule has 34 heavy (non-hydrogen) atoms. The standard InChI is InChI=1S/C28H28N2O4/c1-21(31)30-26(19-22-11-5-2-6-12-22)28(33)34-20-27(32)29-18-17-25(23-13-7-3-8-14-23)24-15-9-4-10-16-24/h2-16,19,25H,17-18,20H2,1H3,(H,29,32)(H,30,31)/b26-19+. The van der Waals surface area contributed by atoms with Gasteiger partial charge in [0.25, 0.3) is 5.91 Å². The van der Waals surface area contributed by atoms with Gasteiger partial charge in [-0.15, -0.1) is 0 Å². The van der Waals surface area contributed by atoms with E-state index in [9.17, 15) is 14.4 Å². The van der Waals surface area contributed by atoms with Crippen molar-refractivity contribution in [3.05, 3.63) is 113 Å². The molecule has 0 bridgehead atoms. The van der Waals surface area contributed by atoms with Crippen molar-refractivity contribution in [3.63, 3.8) is 0 Å². The van der Waals surface area contributed by atoms with Crippen molar-refractivity contribution in [2.24, 2.45) is 0 Å². The summed E-state index contributed by atoms with van der Waals surface area (Å²) in [5, 5.41) is 5.28. The molecule has 0 heterocycles. The van der Waals surface area contributed by atoms with Crippen LogP contribution in [-0.4, -0.2) is 30.9 Å². The van der Waals surface area contributed by atoms with Gasteiger partial charge in [-0.05, 0) is 29.2 Å². The van der Waals surface area contributed by atoms with Crippen molar-refractivity contribution in [1.82, 2.24) is 10.6 Å². The van der Waals surface area contributed by atoms with Gasteiger partial charge in [0.15, 0.2) is 6.61 Å². The summed E-state index contributed by atoms with van der Waals surface area (Å²) in [6, 6.07) is 29.3. The minimum Gasteiger partial charge on any atom is -0.451 e. The Morgan fingerprint density at radius 3 is 1.88 bits per heavy atom. The summed E-state index contributed by atoms with van der Waals surface area (Å²) < 4.78 is 5.13. The number of rotatable bonds is 10. The molecular formula is C28H28N2O4. The van der Waals surface area contributed by atoms with E-state index in [-0.39, 0.29) is 11.6 Å². The molecule has 0 aromatic heterocycles. The van der Waals surface area contributed by atoms with Gasteiger partial charge in [-0.25, -0.2) is 4.79 Å². The van der Waals surface area contributed by atoms with Crippen molar-refractivity contribution in [2.45, 2.75) is 19.3 Å². The highest BCUT2D eigenvalue weighted by Gasteiger charge is 2.16. The van der Waals surface area contributed by atoms with Crippen LogP contribution in [0.1, 0.15) is 36.0 Å². The van der Waals surface area contributed by atoms with Crippen molar-refractivity contribution in [2.75, 3.05) is 13.2 Å². The Labute approximate surface area is 199 Å². The average Bonchev–Trinajstić information content (AvgIpc) is 2.86. The number of nitrogens with one attached hydrogen (secondary N) is 2. The van der Waals surface area contributed by atoms with Crippen LogP contribution in [0.5, 0.6) is 0 Å². The summed E-state index contributed by atoms with van der Waals surface area (Å²) in [4.78, 5) is 36.3. The third-order valence-corrected chi connectivity index (χ3v) is 5.13. The van der Waals surface area contributed by atoms with Gasteiger partial charge in [-0.1, -0.05) is 91.0 Å². The molecule has 0 spiro atoms. The second-order valence-electron chi connectivity index (χ2n) is 7.74. The summed E-state index contributed by atoms with van der Waals surface area (Å²) in [6.07, 6.45) is 2.20. The Morgan fingerprint density at radius 1 is 0.824 bits per heavy atom. The molecule has 3 aromatic carbocycles. The minimum atomic E-state index is -0.777. The summed E-state index contributed by atoms with van der Waals surface area (Å²) in [5.74, 6) is -1.46. The fourth-order valence-electron chi connectivity index (χ4n) is 3.56. The summed E-state index contributed by atoms with van der Waals surface area (Å²) in [5.41, 5.74) is 3.03. The van der Waals surface area contributed by atoms with E-state index in [1.54, 1.807) is 12.1 Å². The maximum Gasteiger partial charge on any atom is 0.355 e. The predicted octanol–water partition coefficient (Wildman–Crippen LogP) is 4.05. The molecule has 3 aromatic rings. The molecule has 6 nitrogen and oxygen atoms in total. The quantitative estimate of drug-likeness (QED) is 0.356. The van der Waals surface area contributed by atoms with Crippen LogP contribution in [-0.2, 0) is 19.1 Å². The number of amides is 2. The zero-order valence-electron chi connectivity index (χ0n) is 19.1. The van der Waals surface area contributed by atoms with Crippen molar-refractivity contribution >= 4 is 23.9 Å². The van der Waals surface area contributed by atoms with Gasteiger partial charge >= 0.3 is 5.97 Å². The van der Waals surface area contributed by atoms with E-state index in [1.165, 1.54) is 24.1 Å². The first kappa shape index (κ1) is 24.5. The monoisotopic (exact) mass is 456 g/mol. The zero-order valence-corrected chi connectivity index (χ0v) is 19.1. The molecule has 0 saturated heterocycles. The van der Waals surface area contributed by atoms with Crippen LogP contribution in [0.25, 0.3) is 6.08 Å². The molecule has 0 aliphatic rings. The molecule has 0 radical (unpaired) electrons. The average molecular weight is 457 g/mol. The third kappa shape index (κ3) is 7.74. The molecule has 0 fully saturated rings. The first-order valence-corrected chi connectivity index (χ1v) is 11.1. The lowest BCUT2D eigenvalue weighted by atomic mass is 9.88. The second-order valence-corrected chi connectivity index (χ2v) is 7.74. The second kappa shape index (κ2) is 12.7. The molecule has 174 valence electrons. The molecule has 3 rings (SSSR count). The fourth-order valence-corrected chi connectivity index (χ4v) is 3.56. The lowest BCUT2D eigenvalue weighted by molar-refractivity contribution is -0.145. The molecular weight excluding hydrogens is 428 g/mol. The highest BCUT2D eigenvalue weighted by molar-refractivity contribution is 5.98. The molecule has 6 heteroatoms. The molecule has 0 atom stereocenters. The van der Waals surface area contributed by atoms with Crippen LogP contribution in [0.2, 0.25) is 0 Å². The number of hydrogen-bond acceptors (Lipinski definition) is 4. The van der Waals surface area contributed by atoms with Crippen LogP contribution < -0.4 is 10.6 Å². The van der Waals surface area contributed by atoms with E-state index in [4.69, 9.17) is 4.74 Å². The molecule has 2 amide bonds. The minimum absolute atomic E-state index is 0.0280. The van der Waals surface area contributed by atoms with Gasteiger partial charge in [0, 0.05) is 19.4 Å². The normalized spacial score (nSPS) is 11.1. The highest BCUT2D eigenvalue weighted by Crippen LogP contribution is 2.27. The lowest BCUT2D eigenvalue weighted by Gasteiger charge is -2.18. The van der Waals surface area contributed by atoms with E-state index in [0.29, 0.717) is 13.0 Å². The third-order valence-electron chi connectivity index (χ3n) is 5.13. The highest BCUT2D eigenvalue weighted by atomic mass is 16.5. The fraction of sp³-hybridized carbons (Fsp3) is 0.179. The number of ether oxygens (including phenoxy) is 1. The van der Waals surface area contributed by atoms with Gasteiger partial charge in [-0.2, -0.15) is 0 Å². The number of carbonyl (C=O) groups excluding carboxylic acids is 3. The Morgan fingerprint density at radius 2 is 1.35 bits per heavy atom. The number of esters is 1. The summed E-state index contributed by atoms with van der Waals surface area (Å²) in [6.45, 7) is 1.28. The summed E-state index contributed by atoms with van der Waals surface area (Å²) >= 11 is 0. The Kier molecular flexibility index (Phi) is 9.17. The molecule has 0 unspecified atom stereocenters.